The molecule has 160 valence electrons. The first-order chi connectivity index (χ1) is 15.4. The van der Waals surface area contributed by atoms with Gasteiger partial charge in [0.1, 0.15) is 0 Å². The number of amides is 2. The van der Waals surface area contributed by atoms with E-state index < -0.39 is 5.91 Å². The number of pyridine rings is 1. The monoisotopic (exact) mass is 425 g/mol. The maximum atomic E-state index is 12.8. The van der Waals surface area contributed by atoms with E-state index >= 15 is 0 Å². The van der Waals surface area contributed by atoms with Crippen LogP contribution in [-0.2, 0) is 13.0 Å². The SMILES string of the molecule is Cc1cc(CO)c2cccc(Cc3cccc(C(=O)Nc4cccc(C(N)=O)c4)c3)c2n1. The first-order valence-corrected chi connectivity index (χ1v) is 10.2. The molecule has 0 aliphatic carbocycles. The number of aliphatic hydroxyl groups excluding tert-OH is 1. The third kappa shape index (κ3) is 4.50. The van der Waals surface area contributed by atoms with Gasteiger partial charge >= 0.3 is 0 Å². The van der Waals surface area contributed by atoms with Gasteiger partial charge in [0.05, 0.1) is 12.1 Å². The molecular formula is C26H23N3O3. The minimum absolute atomic E-state index is 0.0457. The molecule has 4 aromatic rings. The Kier molecular flexibility index (Phi) is 5.96. The van der Waals surface area contributed by atoms with Crippen molar-refractivity contribution >= 4 is 28.4 Å². The molecule has 0 atom stereocenters. The minimum Gasteiger partial charge on any atom is -0.392 e. The van der Waals surface area contributed by atoms with Gasteiger partial charge in [0.2, 0.25) is 5.91 Å². The summed E-state index contributed by atoms with van der Waals surface area (Å²) in [5, 5.41) is 13.4. The Hall–Kier alpha value is -4.03. The van der Waals surface area contributed by atoms with E-state index in [2.05, 4.69) is 10.3 Å². The molecule has 0 fully saturated rings. The number of primary amides is 1. The van der Waals surface area contributed by atoms with Crippen LogP contribution in [0, 0.1) is 6.92 Å². The summed E-state index contributed by atoms with van der Waals surface area (Å²) in [6.45, 7) is 1.86. The van der Waals surface area contributed by atoms with E-state index in [1.807, 2.05) is 49.4 Å². The summed E-state index contributed by atoms with van der Waals surface area (Å²) in [6, 6.07) is 21.7. The molecule has 6 heteroatoms. The number of carbonyl (C=O) groups excluding carboxylic acids is 2. The average molecular weight is 425 g/mol. The Morgan fingerprint density at radius 3 is 2.47 bits per heavy atom. The van der Waals surface area contributed by atoms with Gasteiger partial charge in [0.15, 0.2) is 0 Å². The molecule has 3 aromatic carbocycles. The topological polar surface area (TPSA) is 105 Å². The number of hydrogen-bond donors (Lipinski definition) is 3. The minimum atomic E-state index is -0.550. The first kappa shape index (κ1) is 21.2. The zero-order valence-corrected chi connectivity index (χ0v) is 17.6. The highest BCUT2D eigenvalue weighted by Gasteiger charge is 2.11. The molecule has 6 nitrogen and oxygen atoms in total. The number of aromatic nitrogens is 1. The van der Waals surface area contributed by atoms with E-state index in [1.54, 1.807) is 30.3 Å². The lowest BCUT2D eigenvalue weighted by Gasteiger charge is -2.11. The van der Waals surface area contributed by atoms with Crippen LogP contribution in [0.4, 0.5) is 5.69 Å². The second kappa shape index (κ2) is 8.99. The van der Waals surface area contributed by atoms with Gasteiger partial charge in [-0.05, 0) is 66.4 Å². The van der Waals surface area contributed by atoms with Crippen molar-refractivity contribution in [2.75, 3.05) is 5.32 Å². The van der Waals surface area contributed by atoms with E-state index in [-0.39, 0.29) is 12.5 Å². The Morgan fingerprint density at radius 1 is 0.938 bits per heavy atom. The molecule has 4 N–H and O–H groups in total. The summed E-state index contributed by atoms with van der Waals surface area (Å²) in [5.41, 5.74) is 11.2. The Morgan fingerprint density at radius 2 is 1.69 bits per heavy atom. The van der Waals surface area contributed by atoms with E-state index in [4.69, 9.17) is 5.73 Å². The number of aryl methyl sites for hydroxylation is 1. The number of fused-ring (bicyclic) bond motifs is 1. The number of anilines is 1. The van der Waals surface area contributed by atoms with Gasteiger partial charge in [-0.2, -0.15) is 0 Å². The number of para-hydroxylation sites is 1. The van der Waals surface area contributed by atoms with Crippen LogP contribution in [0.3, 0.4) is 0 Å². The number of benzene rings is 3. The standard InChI is InChI=1S/C26H23N3O3/c1-16-11-21(15-30)23-10-4-6-18(24(23)28-16)12-17-5-2-8-20(13-17)26(32)29-22-9-3-7-19(14-22)25(27)31/h2-11,13-14,30H,12,15H2,1H3,(H2,27,31)(H,29,32). The molecule has 0 saturated carbocycles. The average Bonchev–Trinajstić information content (AvgIpc) is 2.79. The zero-order valence-electron chi connectivity index (χ0n) is 17.6. The fraction of sp³-hybridized carbons (Fsp3) is 0.115. The Labute approximate surface area is 185 Å². The number of rotatable bonds is 6. The molecule has 0 radical (unpaired) electrons. The number of nitrogens with one attached hydrogen (secondary N) is 1. The predicted molar refractivity (Wildman–Crippen MR) is 125 cm³/mol. The number of carbonyl (C=O) groups is 2. The van der Waals surface area contributed by atoms with Gasteiger partial charge in [-0.1, -0.05) is 36.4 Å². The molecule has 1 aromatic heterocycles. The second-order valence-corrected chi connectivity index (χ2v) is 7.67. The van der Waals surface area contributed by atoms with E-state index in [1.165, 1.54) is 0 Å². The fourth-order valence-electron chi connectivity index (χ4n) is 3.79. The van der Waals surface area contributed by atoms with E-state index in [0.717, 1.165) is 33.3 Å². The van der Waals surface area contributed by atoms with Crippen LogP contribution in [-0.4, -0.2) is 21.9 Å². The third-order valence-corrected chi connectivity index (χ3v) is 5.30. The molecule has 0 saturated heterocycles. The zero-order chi connectivity index (χ0) is 22.7. The van der Waals surface area contributed by atoms with Crippen LogP contribution in [0.2, 0.25) is 0 Å². The smallest absolute Gasteiger partial charge is 0.255 e. The number of hydrogen-bond acceptors (Lipinski definition) is 4. The van der Waals surface area contributed by atoms with Gasteiger partial charge in [-0.25, -0.2) is 0 Å². The van der Waals surface area contributed by atoms with Crippen molar-refractivity contribution in [3.05, 3.63) is 106 Å². The van der Waals surface area contributed by atoms with Gasteiger partial charge in [-0.3, -0.25) is 14.6 Å². The summed E-state index contributed by atoms with van der Waals surface area (Å²) in [5.74, 6) is -0.825. The molecule has 32 heavy (non-hydrogen) atoms. The highest BCUT2D eigenvalue weighted by Crippen LogP contribution is 2.24. The summed E-state index contributed by atoms with van der Waals surface area (Å²) in [7, 11) is 0. The largest absolute Gasteiger partial charge is 0.392 e. The van der Waals surface area contributed by atoms with Crippen molar-refractivity contribution in [1.82, 2.24) is 4.98 Å². The van der Waals surface area contributed by atoms with Crippen LogP contribution in [0.25, 0.3) is 10.9 Å². The van der Waals surface area contributed by atoms with E-state index in [0.29, 0.717) is 23.2 Å². The first-order valence-electron chi connectivity index (χ1n) is 10.2. The van der Waals surface area contributed by atoms with Crippen LogP contribution < -0.4 is 11.1 Å². The number of nitrogens with zero attached hydrogens (tertiary/aromatic N) is 1. The fourth-order valence-corrected chi connectivity index (χ4v) is 3.79. The van der Waals surface area contributed by atoms with Crippen molar-refractivity contribution in [1.29, 1.82) is 0 Å². The molecule has 0 spiro atoms. The van der Waals surface area contributed by atoms with Crippen molar-refractivity contribution in [3.8, 4) is 0 Å². The van der Waals surface area contributed by atoms with Crippen LogP contribution in [0.15, 0.2) is 72.8 Å². The molecule has 0 bridgehead atoms. The van der Waals surface area contributed by atoms with Gasteiger partial charge in [-0.15, -0.1) is 0 Å². The lowest BCUT2D eigenvalue weighted by molar-refractivity contribution is 0.0996. The van der Waals surface area contributed by atoms with Crippen molar-refractivity contribution in [2.24, 2.45) is 5.73 Å². The molecular weight excluding hydrogens is 402 g/mol. The number of aliphatic hydroxyl groups is 1. The summed E-state index contributed by atoms with van der Waals surface area (Å²) in [4.78, 5) is 28.8. The normalized spacial score (nSPS) is 10.8. The van der Waals surface area contributed by atoms with Crippen LogP contribution in [0.1, 0.15) is 43.1 Å². The highest BCUT2D eigenvalue weighted by atomic mass is 16.3. The third-order valence-electron chi connectivity index (χ3n) is 5.30. The Bertz CT molecular complexity index is 1330. The van der Waals surface area contributed by atoms with Crippen LogP contribution in [0.5, 0.6) is 0 Å². The maximum Gasteiger partial charge on any atom is 0.255 e. The summed E-state index contributed by atoms with van der Waals surface area (Å²) >= 11 is 0. The highest BCUT2D eigenvalue weighted by molar-refractivity contribution is 6.05. The van der Waals surface area contributed by atoms with Crippen molar-refractivity contribution < 1.29 is 14.7 Å². The molecule has 4 rings (SSSR count). The lowest BCUT2D eigenvalue weighted by atomic mass is 9.98. The van der Waals surface area contributed by atoms with Gasteiger partial charge < -0.3 is 16.2 Å². The van der Waals surface area contributed by atoms with Crippen LogP contribution >= 0.6 is 0 Å². The van der Waals surface area contributed by atoms with Crippen molar-refractivity contribution in [2.45, 2.75) is 20.0 Å². The van der Waals surface area contributed by atoms with Gasteiger partial charge in [0.25, 0.3) is 5.91 Å². The molecule has 0 unspecified atom stereocenters. The molecule has 1 heterocycles. The Balaban J connectivity index is 1.60. The lowest BCUT2D eigenvalue weighted by Crippen LogP contribution is -2.14. The summed E-state index contributed by atoms with van der Waals surface area (Å²) in [6.07, 6.45) is 0.594. The number of nitrogens with two attached hydrogens (primary N) is 1. The summed E-state index contributed by atoms with van der Waals surface area (Å²) < 4.78 is 0. The predicted octanol–water partition coefficient (Wildman–Crippen LogP) is 3.98. The second-order valence-electron chi connectivity index (χ2n) is 7.67. The quantitative estimate of drug-likeness (QED) is 0.434. The molecule has 0 aliphatic heterocycles. The maximum absolute atomic E-state index is 12.8. The van der Waals surface area contributed by atoms with E-state index in [9.17, 15) is 14.7 Å². The molecule has 0 aliphatic rings. The van der Waals surface area contributed by atoms with Gasteiger partial charge in [0, 0.05) is 27.9 Å². The van der Waals surface area contributed by atoms with Crippen molar-refractivity contribution in [3.63, 3.8) is 0 Å². The molecule has 2 amide bonds.